The van der Waals surface area contributed by atoms with Gasteiger partial charge < -0.3 is 18.9 Å². The predicted molar refractivity (Wildman–Crippen MR) is 145 cm³/mol. The van der Waals surface area contributed by atoms with E-state index in [9.17, 15) is 9.59 Å². The van der Waals surface area contributed by atoms with Gasteiger partial charge in [-0.1, -0.05) is 48.5 Å². The molecule has 1 saturated heterocycles. The summed E-state index contributed by atoms with van der Waals surface area (Å²) in [5.41, 5.74) is 3.85. The van der Waals surface area contributed by atoms with Crippen LogP contribution in [0, 0.1) is 0 Å². The van der Waals surface area contributed by atoms with Crippen LogP contribution in [0.4, 0.5) is 9.18 Å². The highest BCUT2D eigenvalue weighted by atomic mass is 28.4. The molecule has 11 heteroatoms. The Morgan fingerprint density at radius 1 is 1.11 bits per heavy atom. The summed E-state index contributed by atoms with van der Waals surface area (Å²) in [5.74, 6) is -1.52. The van der Waals surface area contributed by atoms with E-state index in [2.05, 4.69) is 73.0 Å². The number of ketones is 1. The van der Waals surface area contributed by atoms with E-state index < -0.39 is 64.5 Å². The van der Waals surface area contributed by atoms with Crippen molar-refractivity contribution < 1.29 is 27.6 Å². The number of carbonyl (C=O) groups excluding carboxylic acids is 2. The second kappa shape index (κ2) is 10.2. The Kier molecular flexibility index (Phi) is 8.83. The highest BCUT2D eigenvalue weighted by Gasteiger charge is 2.56. The molecule has 2 amide bonds. The minimum atomic E-state index is -2.36. The van der Waals surface area contributed by atoms with Crippen LogP contribution in [0.3, 0.4) is 0 Å². The number of ether oxygens (including phenoxy) is 1. The lowest BCUT2D eigenvalue weighted by Gasteiger charge is -2.45. The fourth-order valence-electron chi connectivity index (χ4n) is 3.74. The molecule has 0 spiro atoms. The molecule has 0 radical (unpaired) electrons. The number of nitrogens with one attached hydrogen (secondary N) is 1. The SMILES string of the molecule is CCCC(=O)C1(N)NC(=O)N([C@@H]2O[C@H](C)[C@@H](O[Si](C)(C)C(C)(C)C)[C@H]2O[Si](C)(C)C(C)(C)C)C=C1F. The van der Waals surface area contributed by atoms with Crippen LogP contribution in [0.25, 0.3) is 0 Å². The minimum Gasteiger partial charge on any atom is -0.409 e. The highest BCUT2D eigenvalue weighted by Crippen LogP contribution is 2.44. The fourth-order valence-corrected chi connectivity index (χ4v) is 6.39. The van der Waals surface area contributed by atoms with Gasteiger partial charge in [-0.2, -0.15) is 0 Å². The molecule has 1 unspecified atom stereocenters. The molecule has 0 bridgehead atoms. The smallest absolute Gasteiger partial charge is 0.325 e. The van der Waals surface area contributed by atoms with Gasteiger partial charge in [-0.25, -0.2) is 9.18 Å². The van der Waals surface area contributed by atoms with Gasteiger partial charge in [0, 0.05) is 12.6 Å². The normalized spacial score (nSPS) is 30.3. The number of nitrogens with two attached hydrogens (primary N) is 1. The molecule has 0 aromatic carbocycles. The van der Waals surface area contributed by atoms with Crippen molar-refractivity contribution >= 4 is 28.4 Å². The van der Waals surface area contributed by atoms with Crippen molar-refractivity contribution in [3.8, 4) is 0 Å². The van der Waals surface area contributed by atoms with Crippen LogP contribution in [-0.2, 0) is 18.4 Å². The average molecular weight is 546 g/mol. The van der Waals surface area contributed by atoms with Crippen LogP contribution in [0.2, 0.25) is 36.3 Å². The number of Topliss-reactive ketones (excluding diaryl/α,β-unsaturated/α-hetero) is 1. The third-order valence-electron chi connectivity index (χ3n) is 8.25. The molecule has 3 N–H and O–H groups in total. The first kappa shape index (κ1) is 31.1. The molecule has 2 rings (SSSR count). The predicted octanol–water partition coefficient (Wildman–Crippen LogP) is 5.37. The van der Waals surface area contributed by atoms with Gasteiger partial charge in [0.05, 0.1) is 6.10 Å². The largest absolute Gasteiger partial charge is 0.409 e. The molecular formula is C25H48FN3O5Si2. The van der Waals surface area contributed by atoms with Gasteiger partial charge in [0.25, 0.3) is 0 Å². The number of nitrogens with zero attached hydrogens (tertiary/aromatic N) is 1. The highest BCUT2D eigenvalue weighted by molar-refractivity contribution is 6.74. The second-order valence-corrected chi connectivity index (χ2v) is 22.7. The molecule has 0 aromatic rings. The first-order valence-electron chi connectivity index (χ1n) is 12.9. The third-order valence-corrected chi connectivity index (χ3v) is 17.2. The topological polar surface area (TPSA) is 103 Å². The summed E-state index contributed by atoms with van der Waals surface area (Å²) in [5, 5.41) is 2.21. The Morgan fingerprint density at radius 2 is 1.58 bits per heavy atom. The Labute approximate surface area is 218 Å². The third kappa shape index (κ3) is 5.96. The number of hydrogen-bond donors (Lipinski definition) is 2. The number of urea groups is 1. The molecular weight excluding hydrogens is 497 g/mol. The van der Waals surface area contributed by atoms with Crippen LogP contribution >= 0.6 is 0 Å². The van der Waals surface area contributed by atoms with Gasteiger partial charge >= 0.3 is 6.03 Å². The van der Waals surface area contributed by atoms with Gasteiger partial charge in [-0.05, 0) is 49.6 Å². The summed E-state index contributed by atoms with van der Waals surface area (Å²) in [6.07, 6.45) is -0.936. The molecule has 36 heavy (non-hydrogen) atoms. The molecule has 5 atom stereocenters. The van der Waals surface area contributed by atoms with Crippen molar-refractivity contribution in [1.29, 1.82) is 0 Å². The maximum Gasteiger partial charge on any atom is 0.325 e. The van der Waals surface area contributed by atoms with E-state index in [1.54, 1.807) is 6.92 Å². The lowest BCUT2D eigenvalue weighted by molar-refractivity contribution is -0.125. The molecule has 1 fully saturated rings. The maximum absolute atomic E-state index is 15.3. The lowest BCUT2D eigenvalue weighted by atomic mass is 9.99. The van der Waals surface area contributed by atoms with Crippen molar-refractivity contribution in [2.45, 2.75) is 135 Å². The number of hydrogen-bond acceptors (Lipinski definition) is 6. The van der Waals surface area contributed by atoms with E-state index in [-0.39, 0.29) is 16.5 Å². The summed E-state index contributed by atoms with van der Waals surface area (Å²) in [7, 11) is -4.61. The molecule has 0 saturated carbocycles. The van der Waals surface area contributed by atoms with Crippen LogP contribution < -0.4 is 11.1 Å². The number of halogens is 1. The zero-order chi connectivity index (χ0) is 28.1. The molecule has 2 aliphatic rings. The lowest BCUT2D eigenvalue weighted by Crippen LogP contribution is -2.68. The average Bonchev–Trinajstić information content (AvgIpc) is 2.97. The van der Waals surface area contributed by atoms with Gasteiger partial charge in [0.15, 0.2) is 34.5 Å². The summed E-state index contributed by atoms with van der Waals surface area (Å²) in [4.78, 5) is 26.9. The standard InChI is InChI=1S/C25H48FN3O5Si2/c1-13-14-18(30)25(27)17(26)15-29(22(31)28-25)21-20(34-36(11,12)24(6,7)8)19(16(2)32-21)33-35(9,10)23(3,4)5/h15-16,19-21H,13-14,27H2,1-12H3,(H,28,31)/t16-,19-,20-,21-,25?/m1/s1. The number of carbonyl (C=O) groups is 2. The number of rotatable bonds is 8. The van der Waals surface area contributed by atoms with Crippen molar-refractivity contribution in [3.05, 3.63) is 12.0 Å². The quantitative estimate of drug-likeness (QED) is 0.397. The fraction of sp³-hybridized carbons (Fsp3) is 0.840. The molecule has 208 valence electrons. The second-order valence-electron chi connectivity index (χ2n) is 13.2. The molecule has 8 nitrogen and oxygen atoms in total. The van der Waals surface area contributed by atoms with E-state index in [0.717, 1.165) is 11.1 Å². The Hall–Kier alpha value is -1.12. The van der Waals surface area contributed by atoms with Gasteiger partial charge in [-0.15, -0.1) is 0 Å². The first-order valence-corrected chi connectivity index (χ1v) is 18.7. The molecule has 2 heterocycles. The Bertz CT molecular complexity index is 884. The van der Waals surface area contributed by atoms with E-state index >= 15 is 4.39 Å². The van der Waals surface area contributed by atoms with E-state index in [0.29, 0.717) is 6.42 Å². The summed E-state index contributed by atoms with van der Waals surface area (Å²) in [6.45, 7) is 25.1. The van der Waals surface area contributed by atoms with Crippen LogP contribution in [0.15, 0.2) is 12.0 Å². The van der Waals surface area contributed by atoms with E-state index in [1.165, 1.54) is 0 Å². The zero-order valence-electron chi connectivity index (χ0n) is 24.2. The summed E-state index contributed by atoms with van der Waals surface area (Å²) < 4.78 is 35.2. The monoisotopic (exact) mass is 545 g/mol. The van der Waals surface area contributed by atoms with Crippen LogP contribution in [-0.4, -0.2) is 63.6 Å². The van der Waals surface area contributed by atoms with Gasteiger partial charge in [0.2, 0.25) is 5.66 Å². The minimum absolute atomic E-state index is 0.0501. The van der Waals surface area contributed by atoms with Crippen LogP contribution in [0.1, 0.15) is 68.2 Å². The first-order chi connectivity index (χ1) is 16.1. The molecule has 2 aliphatic heterocycles. The van der Waals surface area contributed by atoms with Crippen molar-refractivity contribution in [2.24, 2.45) is 5.73 Å². The number of amides is 2. The molecule has 0 aromatic heterocycles. The van der Waals surface area contributed by atoms with Crippen molar-refractivity contribution in [1.82, 2.24) is 10.2 Å². The molecule has 0 aliphatic carbocycles. The van der Waals surface area contributed by atoms with E-state index in [4.69, 9.17) is 19.3 Å². The van der Waals surface area contributed by atoms with Gasteiger partial charge in [0.1, 0.15) is 12.2 Å². The van der Waals surface area contributed by atoms with Crippen molar-refractivity contribution in [2.75, 3.05) is 0 Å². The van der Waals surface area contributed by atoms with Gasteiger partial charge in [-0.3, -0.25) is 15.4 Å². The Balaban J connectivity index is 2.52. The maximum atomic E-state index is 15.3. The summed E-state index contributed by atoms with van der Waals surface area (Å²) >= 11 is 0. The summed E-state index contributed by atoms with van der Waals surface area (Å²) in [6, 6.07) is -0.711. The Morgan fingerprint density at radius 3 is 2.03 bits per heavy atom. The zero-order valence-corrected chi connectivity index (χ0v) is 26.2. The van der Waals surface area contributed by atoms with Crippen molar-refractivity contribution in [3.63, 3.8) is 0 Å². The van der Waals surface area contributed by atoms with E-state index in [1.807, 2.05) is 6.92 Å². The van der Waals surface area contributed by atoms with Crippen LogP contribution in [0.5, 0.6) is 0 Å².